The SMILES string of the molecule is CC(C)(C)CCCc1ccc(Cc2ccc(C=O)cc2)cc1. The van der Waals surface area contributed by atoms with Gasteiger partial charge < -0.3 is 0 Å². The van der Waals surface area contributed by atoms with E-state index in [2.05, 4.69) is 45.0 Å². The molecule has 116 valence electrons. The highest BCUT2D eigenvalue weighted by atomic mass is 16.1. The molecule has 0 aromatic heterocycles. The maximum absolute atomic E-state index is 10.7. The van der Waals surface area contributed by atoms with Gasteiger partial charge in [0.15, 0.2) is 0 Å². The van der Waals surface area contributed by atoms with E-state index in [1.165, 1.54) is 29.5 Å². The normalized spacial score (nSPS) is 11.4. The number of benzene rings is 2. The highest BCUT2D eigenvalue weighted by molar-refractivity contribution is 5.74. The summed E-state index contributed by atoms with van der Waals surface area (Å²) in [5.41, 5.74) is 5.14. The lowest BCUT2D eigenvalue weighted by atomic mass is 9.89. The monoisotopic (exact) mass is 294 g/mol. The van der Waals surface area contributed by atoms with E-state index in [0.29, 0.717) is 5.41 Å². The molecular weight excluding hydrogens is 268 g/mol. The Bertz CT molecular complexity index is 585. The molecule has 0 radical (unpaired) electrons. The van der Waals surface area contributed by atoms with Crippen molar-refractivity contribution in [1.29, 1.82) is 0 Å². The van der Waals surface area contributed by atoms with Gasteiger partial charge in [0.05, 0.1) is 0 Å². The largest absolute Gasteiger partial charge is 0.298 e. The second kappa shape index (κ2) is 7.40. The molecule has 0 saturated carbocycles. The lowest BCUT2D eigenvalue weighted by Crippen LogP contribution is -2.04. The summed E-state index contributed by atoms with van der Waals surface area (Å²) in [5, 5.41) is 0. The van der Waals surface area contributed by atoms with Gasteiger partial charge in [-0.25, -0.2) is 0 Å². The summed E-state index contributed by atoms with van der Waals surface area (Å²) < 4.78 is 0. The molecule has 0 amide bonds. The highest BCUT2D eigenvalue weighted by Gasteiger charge is 2.09. The van der Waals surface area contributed by atoms with Gasteiger partial charge in [-0.05, 0) is 47.8 Å². The highest BCUT2D eigenvalue weighted by Crippen LogP contribution is 2.22. The molecule has 0 aliphatic heterocycles. The number of hydrogen-bond donors (Lipinski definition) is 0. The van der Waals surface area contributed by atoms with Crippen LogP contribution in [-0.2, 0) is 12.8 Å². The fourth-order valence-corrected chi connectivity index (χ4v) is 2.60. The van der Waals surface area contributed by atoms with E-state index in [1.54, 1.807) is 0 Å². The molecule has 0 saturated heterocycles. The Labute approximate surface area is 134 Å². The van der Waals surface area contributed by atoms with E-state index < -0.39 is 0 Å². The average Bonchev–Trinajstić information content (AvgIpc) is 2.49. The summed E-state index contributed by atoms with van der Waals surface area (Å²) in [7, 11) is 0. The van der Waals surface area contributed by atoms with Crippen molar-refractivity contribution in [3.63, 3.8) is 0 Å². The molecule has 22 heavy (non-hydrogen) atoms. The zero-order valence-electron chi connectivity index (χ0n) is 13.9. The second-order valence-electron chi connectivity index (χ2n) is 7.27. The van der Waals surface area contributed by atoms with Gasteiger partial charge in [0.2, 0.25) is 0 Å². The Morgan fingerprint density at radius 3 is 1.82 bits per heavy atom. The van der Waals surface area contributed by atoms with Crippen LogP contribution in [0.15, 0.2) is 48.5 Å². The van der Waals surface area contributed by atoms with Gasteiger partial charge >= 0.3 is 0 Å². The summed E-state index contributed by atoms with van der Waals surface area (Å²) in [6.07, 6.45) is 5.47. The summed E-state index contributed by atoms with van der Waals surface area (Å²) >= 11 is 0. The van der Waals surface area contributed by atoms with Crippen LogP contribution >= 0.6 is 0 Å². The van der Waals surface area contributed by atoms with Crippen LogP contribution in [-0.4, -0.2) is 6.29 Å². The van der Waals surface area contributed by atoms with Crippen molar-refractivity contribution in [3.05, 3.63) is 70.8 Å². The fourth-order valence-electron chi connectivity index (χ4n) is 2.60. The van der Waals surface area contributed by atoms with Crippen LogP contribution in [0.1, 0.15) is 60.7 Å². The van der Waals surface area contributed by atoms with Crippen molar-refractivity contribution < 1.29 is 4.79 Å². The molecule has 2 aromatic carbocycles. The first-order valence-corrected chi connectivity index (χ1v) is 8.08. The average molecular weight is 294 g/mol. The lowest BCUT2D eigenvalue weighted by molar-refractivity contribution is 0.112. The Morgan fingerprint density at radius 2 is 1.32 bits per heavy atom. The van der Waals surface area contributed by atoms with Crippen molar-refractivity contribution in [2.75, 3.05) is 0 Å². The Morgan fingerprint density at radius 1 is 0.818 bits per heavy atom. The number of rotatable bonds is 6. The van der Waals surface area contributed by atoms with Crippen LogP contribution in [0.5, 0.6) is 0 Å². The molecule has 0 fully saturated rings. The van der Waals surface area contributed by atoms with E-state index in [1.807, 2.05) is 24.3 Å². The van der Waals surface area contributed by atoms with Crippen molar-refractivity contribution >= 4 is 6.29 Å². The van der Waals surface area contributed by atoms with Gasteiger partial charge in [0.1, 0.15) is 6.29 Å². The van der Waals surface area contributed by atoms with E-state index >= 15 is 0 Å². The van der Waals surface area contributed by atoms with Gasteiger partial charge in [-0.1, -0.05) is 69.3 Å². The number of aryl methyl sites for hydroxylation is 1. The molecule has 2 rings (SSSR count). The van der Waals surface area contributed by atoms with Crippen molar-refractivity contribution in [1.82, 2.24) is 0 Å². The number of hydrogen-bond acceptors (Lipinski definition) is 1. The van der Waals surface area contributed by atoms with Crippen LogP contribution in [0, 0.1) is 5.41 Å². The van der Waals surface area contributed by atoms with Gasteiger partial charge in [0, 0.05) is 5.56 Å². The van der Waals surface area contributed by atoms with Gasteiger partial charge in [-0.15, -0.1) is 0 Å². The minimum Gasteiger partial charge on any atom is -0.298 e. The number of aldehydes is 1. The molecule has 0 spiro atoms. The van der Waals surface area contributed by atoms with Crippen LogP contribution in [0.25, 0.3) is 0 Å². The lowest BCUT2D eigenvalue weighted by Gasteiger charge is -2.17. The Balaban J connectivity index is 1.89. The maximum Gasteiger partial charge on any atom is 0.150 e. The Kier molecular flexibility index (Phi) is 5.54. The topological polar surface area (TPSA) is 17.1 Å². The molecule has 0 aliphatic rings. The number of carbonyl (C=O) groups is 1. The van der Waals surface area contributed by atoms with Gasteiger partial charge in [0.25, 0.3) is 0 Å². The first-order chi connectivity index (χ1) is 10.5. The zero-order valence-corrected chi connectivity index (χ0v) is 13.9. The fraction of sp³-hybridized carbons (Fsp3) is 0.381. The molecule has 0 atom stereocenters. The molecule has 0 aliphatic carbocycles. The van der Waals surface area contributed by atoms with Crippen molar-refractivity contribution in [2.24, 2.45) is 5.41 Å². The second-order valence-corrected chi connectivity index (χ2v) is 7.27. The molecule has 2 aromatic rings. The summed E-state index contributed by atoms with van der Waals surface area (Å²) in [6.45, 7) is 6.89. The third-order valence-electron chi connectivity index (χ3n) is 3.94. The van der Waals surface area contributed by atoms with E-state index in [4.69, 9.17) is 0 Å². The Hall–Kier alpha value is -1.89. The van der Waals surface area contributed by atoms with Crippen molar-refractivity contribution in [2.45, 2.75) is 46.5 Å². The molecule has 0 N–H and O–H groups in total. The maximum atomic E-state index is 10.7. The minimum absolute atomic E-state index is 0.424. The predicted octanol–water partition coefficient (Wildman–Crippen LogP) is 5.46. The summed E-state index contributed by atoms with van der Waals surface area (Å²) in [4.78, 5) is 10.7. The van der Waals surface area contributed by atoms with Crippen LogP contribution < -0.4 is 0 Å². The smallest absolute Gasteiger partial charge is 0.150 e. The molecule has 1 heteroatoms. The minimum atomic E-state index is 0.424. The van der Waals surface area contributed by atoms with E-state index in [0.717, 1.165) is 24.7 Å². The molecule has 1 nitrogen and oxygen atoms in total. The molecule has 0 unspecified atom stereocenters. The standard InChI is InChI=1S/C21H26O/c1-21(2,3)14-4-5-17-6-8-18(9-7-17)15-19-10-12-20(16-22)13-11-19/h6-13,16H,4-5,14-15H2,1-3H3. The van der Waals surface area contributed by atoms with Crippen LogP contribution in [0.4, 0.5) is 0 Å². The molecule has 0 bridgehead atoms. The predicted molar refractivity (Wildman–Crippen MR) is 93.5 cm³/mol. The molecule has 0 heterocycles. The summed E-state index contributed by atoms with van der Waals surface area (Å²) in [5.74, 6) is 0. The van der Waals surface area contributed by atoms with Gasteiger partial charge in [-0.3, -0.25) is 4.79 Å². The first-order valence-electron chi connectivity index (χ1n) is 8.08. The van der Waals surface area contributed by atoms with E-state index in [9.17, 15) is 4.79 Å². The quantitative estimate of drug-likeness (QED) is 0.647. The third-order valence-corrected chi connectivity index (χ3v) is 3.94. The first kappa shape index (κ1) is 16.5. The van der Waals surface area contributed by atoms with Crippen LogP contribution in [0.3, 0.4) is 0 Å². The number of carbonyl (C=O) groups excluding carboxylic acids is 1. The molecular formula is C21H26O. The third kappa shape index (κ3) is 5.48. The van der Waals surface area contributed by atoms with Crippen LogP contribution in [0.2, 0.25) is 0 Å². The van der Waals surface area contributed by atoms with Gasteiger partial charge in [-0.2, -0.15) is 0 Å². The van der Waals surface area contributed by atoms with E-state index in [-0.39, 0.29) is 0 Å². The van der Waals surface area contributed by atoms with Crippen molar-refractivity contribution in [3.8, 4) is 0 Å². The summed E-state index contributed by atoms with van der Waals surface area (Å²) in [6, 6.07) is 16.8. The zero-order chi connectivity index (χ0) is 16.0.